The molecule has 0 bridgehead atoms. The van der Waals surface area contributed by atoms with E-state index in [1.807, 2.05) is 12.3 Å². The van der Waals surface area contributed by atoms with Gasteiger partial charge in [0, 0.05) is 5.38 Å². The number of rotatable bonds is 6. The molecule has 16 heavy (non-hydrogen) atoms. The third-order valence-electron chi connectivity index (χ3n) is 1.80. The first-order valence-electron chi connectivity index (χ1n) is 4.81. The monoisotopic (exact) mass is 241 g/mol. The molecular formula is C10H15N3O2S. The van der Waals surface area contributed by atoms with Crippen molar-refractivity contribution in [2.45, 2.75) is 20.0 Å². The first kappa shape index (κ1) is 12.8. The number of nitrogens with one attached hydrogen (secondary N) is 1. The van der Waals surface area contributed by atoms with Gasteiger partial charge in [0.25, 0.3) is 5.91 Å². The standard InChI is InChI=1S/C10H15N3O2S/c1-7(2)3-4-15-5-8-6-16-10(12-8)9(14)13-11/h6H,1,3-5,11H2,2H3,(H,13,14). The molecule has 0 spiro atoms. The summed E-state index contributed by atoms with van der Waals surface area (Å²) >= 11 is 1.25. The van der Waals surface area contributed by atoms with Crippen LogP contribution in [0.4, 0.5) is 0 Å². The van der Waals surface area contributed by atoms with Crippen LogP contribution < -0.4 is 11.3 Å². The second kappa shape index (κ2) is 6.37. The Bertz CT molecular complexity index is 376. The summed E-state index contributed by atoms with van der Waals surface area (Å²) in [4.78, 5) is 15.2. The van der Waals surface area contributed by atoms with E-state index in [1.54, 1.807) is 5.38 Å². The van der Waals surface area contributed by atoms with Crippen molar-refractivity contribution in [3.8, 4) is 0 Å². The second-order valence-electron chi connectivity index (χ2n) is 3.38. The van der Waals surface area contributed by atoms with Crippen LogP contribution >= 0.6 is 11.3 Å². The maximum atomic E-state index is 11.1. The van der Waals surface area contributed by atoms with Crippen molar-refractivity contribution in [1.82, 2.24) is 10.4 Å². The number of nitrogens with zero attached hydrogens (tertiary/aromatic N) is 1. The van der Waals surface area contributed by atoms with E-state index in [1.165, 1.54) is 11.3 Å². The van der Waals surface area contributed by atoms with Gasteiger partial charge in [0.2, 0.25) is 0 Å². The number of nitrogens with two attached hydrogens (primary N) is 1. The number of hydrogen-bond acceptors (Lipinski definition) is 5. The first-order chi connectivity index (χ1) is 7.63. The summed E-state index contributed by atoms with van der Waals surface area (Å²) in [5, 5.41) is 2.13. The molecule has 1 rings (SSSR count). The SMILES string of the molecule is C=C(C)CCOCc1csc(C(=O)NN)n1. The predicted octanol–water partition coefficient (Wildman–Crippen LogP) is 1.23. The molecule has 0 atom stereocenters. The zero-order chi connectivity index (χ0) is 12.0. The Morgan fingerprint density at radius 1 is 1.75 bits per heavy atom. The molecule has 0 radical (unpaired) electrons. The molecule has 0 unspecified atom stereocenters. The third-order valence-corrected chi connectivity index (χ3v) is 2.69. The maximum absolute atomic E-state index is 11.1. The number of hydrazine groups is 1. The van der Waals surface area contributed by atoms with Gasteiger partial charge in [-0.05, 0) is 13.3 Å². The van der Waals surface area contributed by atoms with E-state index >= 15 is 0 Å². The van der Waals surface area contributed by atoms with E-state index in [0.717, 1.165) is 17.7 Å². The fourth-order valence-corrected chi connectivity index (χ4v) is 1.67. The Hall–Kier alpha value is -1.24. The summed E-state index contributed by atoms with van der Waals surface area (Å²) in [5.74, 6) is 4.62. The van der Waals surface area contributed by atoms with Crippen LogP contribution in [0.5, 0.6) is 0 Å². The van der Waals surface area contributed by atoms with Crippen molar-refractivity contribution in [2.24, 2.45) is 5.84 Å². The summed E-state index contributed by atoms with van der Waals surface area (Å²) in [5.41, 5.74) is 3.86. The molecule has 1 amide bonds. The van der Waals surface area contributed by atoms with E-state index in [-0.39, 0.29) is 5.91 Å². The van der Waals surface area contributed by atoms with Crippen LogP contribution in [-0.2, 0) is 11.3 Å². The number of aromatic nitrogens is 1. The second-order valence-corrected chi connectivity index (χ2v) is 4.24. The highest BCUT2D eigenvalue weighted by Crippen LogP contribution is 2.10. The van der Waals surface area contributed by atoms with E-state index in [2.05, 4.69) is 11.6 Å². The Labute approximate surface area is 98.3 Å². The van der Waals surface area contributed by atoms with Gasteiger partial charge in [0.15, 0.2) is 5.01 Å². The lowest BCUT2D eigenvalue weighted by Gasteiger charge is -2.01. The number of thiazole rings is 1. The smallest absolute Gasteiger partial charge is 0.294 e. The van der Waals surface area contributed by atoms with Gasteiger partial charge in [-0.1, -0.05) is 5.57 Å². The molecule has 1 aromatic heterocycles. The van der Waals surface area contributed by atoms with Gasteiger partial charge in [0.1, 0.15) is 0 Å². The van der Waals surface area contributed by atoms with Gasteiger partial charge in [-0.25, -0.2) is 10.8 Å². The van der Waals surface area contributed by atoms with E-state index in [4.69, 9.17) is 10.6 Å². The normalized spacial score (nSPS) is 10.1. The van der Waals surface area contributed by atoms with Crippen LogP contribution in [0.1, 0.15) is 28.8 Å². The molecule has 0 fully saturated rings. The van der Waals surface area contributed by atoms with E-state index in [0.29, 0.717) is 18.2 Å². The zero-order valence-corrected chi connectivity index (χ0v) is 9.97. The van der Waals surface area contributed by atoms with E-state index in [9.17, 15) is 4.79 Å². The summed E-state index contributed by atoms with van der Waals surface area (Å²) in [7, 11) is 0. The third kappa shape index (κ3) is 4.09. The highest BCUT2D eigenvalue weighted by Gasteiger charge is 2.08. The van der Waals surface area contributed by atoms with Gasteiger partial charge < -0.3 is 4.74 Å². The number of carbonyl (C=O) groups is 1. The molecule has 0 aromatic carbocycles. The molecule has 88 valence electrons. The van der Waals surface area contributed by atoms with Gasteiger partial charge in [-0.2, -0.15) is 0 Å². The average Bonchev–Trinajstić information content (AvgIpc) is 2.71. The molecular weight excluding hydrogens is 226 g/mol. The molecule has 0 aliphatic carbocycles. The molecule has 1 heterocycles. The molecule has 3 N–H and O–H groups in total. The fraction of sp³-hybridized carbons (Fsp3) is 0.400. The molecule has 5 nitrogen and oxygen atoms in total. The highest BCUT2D eigenvalue weighted by molar-refractivity contribution is 7.11. The van der Waals surface area contributed by atoms with E-state index < -0.39 is 0 Å². The van der Waals surface area contributed by atoms with Crippen LogP contribution in [0.2, 0.25) is 0 Å². The van der Waals surface area contributed by atoms with Gasteiger partial charge in [0.05, 0.1) is 18.9 Å². The fourth-order valence-electron chi connectivity index (χ4n) is 0.962. The van der Waals surface area contributed by atoms with Gasteiger partial charge >= 0.3 is 0 Å². The molecule has 0 saturated heterocycles. The molecule has 0 aliphatic rings. The van der Waals surface area contributed by atoms with Crippen LogP contribution in [0.25, 0.3) is 0 Å². The Morgan fingerprint density at radius 3 is 3.12 bits per heavy atom. The maximum Gasteiger partial charge on any atom is 0.294 e. The van der Waals surface area contributed by atoms with Crippen molar-refractivity contribution < 1.29 is 9.53 Å². The largest absolute Gasteiger partial charge is 0.375 e. The average molecular weight is 241 g/mol. The zero-order valence-electron chi connectivity index (χ0n) is 9.16. The van der Waals surface area contributed by atoms with Crippen molar-refractivity contribution in [3.05, 3.63) is 28.2 Å². The summed E-state index contributed by atoms with van der Waals surface area (Å²) in [6.07, 6.45) is 0.834. The van der Waals surface area contributed by atoms with Gasteiger partial charge in [-0.3, -0.25) is 10.2 Å². The lowest BCUT2D eigenvalue weighted by molar-refractivity contribution is 0.0951. The molecule has 1 aromatic rings. The van der Waals surface area contributed by atoms with Crippen LogP contribution in [0.15, 0.2) is 17.5 Å². The molecule has 0 aliphatic heterocycles. The van der Waals surface area contributed by atoms with Crippen molar-refractivity contribution in [3.63, 3.8) is 0 Å². The quantitative estimate of drug-likeness (QED) is 0.258. The van der Waals surface area contributed by atoms with Crippen molar-refractivity contribution >= 4 is 17.2 Å². The summed E-state index contributed by atoms with van der Waals surface area (Å²) in [6.45, 7) is 6.75. The Morgan fingerprint density at radius 2 is 2.50 bits per heavy atom. The first-order valence-corrected chi connectivity index (χ1v) is 5.69. The summed E-state index contributed by atoms with van der Waals surface area (Å²) < 4.78 is 5.38. The van der Waals surface area contributed by atoms with Gasteiger partial charge in [-0.15, -0.1) is 17.9 Å². The minimum absolute atomic E-state index is 0.348. The molecule has 0 saturated carbocycles. The Kier molecular flexibility index (Phi) is 5.10. The summed E-state index contributed by atoms with van der Waals surface area (Å²) in [6, 6.07) is 0. The van der Waals surface area contributed by atoms with Crippen molar-refractivity contribution in [1.29, 1.82) is 0 Å². The lowest BCUT2D eigenvalue weighted by Crippen LogP contribution is -2.29. The topological polar surface area (TPSA) is 77.2 Å². The van der Waals surface area contributed by atoms with Crippen LogP contribution in [0.3, 0.4) is 0 Å². The highest BCUT2D eigenvalue weighted by atomic mass is 32.1. The number of ether oxygens (including phenoxy) is 1. The number of hydrogen-bond donors (Lipinski definition) is 2. The van der Waals surface area contributed by atoms with Crippen LogP contribution in [0, 0.1) is 0 Å². The van der Waals surface area contributed by atoms with Crippen LogP contribution in [-0.4, -0.2) is 17.5 Å². The number of carbonyl (C=O) groups excluding carboxylic acids is 1. The molecule has 6 heteroatoms. The number of nitrogen functional groups attached to an aromatic ring is 1. The lowest BCUT2D eigenvalue weighted by atomic mass is 10.3. The minimum Gasteiger partial charge on any atom is -0.375 e. The minimum atomic E-state index is -0.377. The van der Waals surface area contributed by atoms with Crippen molar-refractivity contribution in [2.75, 3.05) is 6.61 Å². The number of amides is 1. The predicted molar refractivity (Wildman–Crippen MR) is 62.9 cm³/mol. The Balaban J connectivity index is 2.35.